The zero-order valence-electron chi connectivity index (χ0n) is 13.6. The third-order valence-corrected chi connectivity index (χ3v) is 5.03. The molecular formula is C18H21ClN4O. The van der Waals surface area contributed by atoms with Crippen LogP contribution < -0.4 is 9.64 Å². The van der Waals surface area contributed by atoms with Crippen LogP contribution in [-0.2, 0) is 0 Å². The number of rotatable bonds is 5. The molecule has 0 atom stereocenters. The summed E-state index contributed by atoms with van der Waals surface area (Å²) in [5, 5.41) is 0.573. The molecule has 6 heteroatoms. The Hall–Kier alpha value is -1.88. The first kappa shape index (κ1) is 15.6. The quantitative estimate of drug-likeness (QED) is 0.827. The Balaban J connectivity index is 1.30. The SMILES string of the molecule is Clc1cnccc1OCC1CCN(c2ccnc(C3CC3)n2)CC1. The maximum Gasteiger partial charge on any atom is 0.141 e. The van der Waals surface area contributed by atoms with Gasteiger partial charge in [-0.2, -0.15) is 0 Å². The fourth-order valence-corrected chi connectivity index (χ4v) is 3.27. The highest BCUT2D eigenvalue weighted by Gasteiger charge is 2.27. The van der Waals surface area contributed by atoms with Crippen LogP contribution in [0.5, 0.6) is 5.75 Å². The Morgan fingerprint density at radius 1 is 1.12 bits per heavy atom. The van der Waals surface area contributed by atoms with Gasteiger partial charge >= 0.3 is 0 Å². The second-order valence-electron chi connectivity index (χ2n) is 6.59. The molecule has 3 heterocycles. The minimum absolute atomic E-state index is 0.551. The first-order valence-electron chi connectivity index (χ1n) is 8.60. The van der Waals surface area contributed by atoms with Gasteiger partial charge in [-0.1, -0.05) is 11.6 Å². The van der Waals surface area contributed by atoms with E-state index in [9.17, 15) is 0 Å². The highest BCUT2D eigenvalue weighted by molar-refractivity contribution is 6.31. The number of ether oxygens (including phenoxy) is 1. The number of hydrogen-bond donors (Lipinski definition) is 0. The Kier molecular flexibility index (Phi) is 4.52. The molecule has 5 nitrogen and oxygen atoms in total. The molecule has 2 aromatic rings. The van der Waals surface area contributed by atoms with Crippen LogP contribution in [0.2, 0.25) is 5.02 Å². The van der Waals surface area contributed by atoms with E-state index in [4.69, 9.17) is 21.3 Å². The summed E-state index contributed by atoms with van der Waals surface area (Å²) in [6, 6.07) is 3.84. The van der Waals surface area contributed by atoms with Crippen molar-refractivity contribution in [3.63, 3.8) is 0 Å². The van der Waals surface area contributed by atoms with E-state index in [1.54, 1.807) is 12.4 Å². The summed E-state index contributed by atoms with van der Waals surface area (Å²) in [7, 11) is 0. The highest BCUT2D eigenvalue weighted by atomic mass is 35.5. The summed E-state index contributed by atoms with van der Waals surface area (Å²) in [5.74, 6) is 3.96. The molecule has 126 valence electrons. The predicted octanol–water partition coefficient (Wildman–Crippen LogP) is 3.70. The van der Waals surface area contributed by atoms with Gasteiger partial charge in [0.2, 0.25) is 0 Å². The standard InChI is InChI=1S/C18H21ClN4O/c19-15-11-20-7-3-16(15)24-12-13-5-9-23(10-6-13)17-4-8-21-18(22-17)14-1-2-14/h3-4,7-8,11,13-14H,1-2,5-6,9-10,12H2. The van der Waals surface area contributed by atoms with Crippen LogP contribution in [0.15, 0.2) is 30.7 Å². The van der Waals surface area contributed by atoms with Gasteiger partial charge in [-0.3, -0.25) is 4.98 Å². The number of hydrogen-bond acceptors (Lipinski definition) is 5. The van der Waals surface area contributed by atoms with Crippen LogP contribution in [0.1, 0.15) is 37.4 Å². The topological polar surface area (TPSA) is 51.1 Å². The molecule has 1 aliphatic carbocycles. The molecule has 2 aromatic heterocycles. The van der Waals surface area contributed by atoms with Crippen LogP contribution in [0.4, 0.5) is 5.82 Å². The van der Waals surface area contributed by atoms with Crippen molar-refractivity contribution in [1.82, 2.24) is 15.0 Å². The van der Waals surface area contributed by atoms with Crippen LogP contribution >= 0.6 is 11.6 Å². The molecule has 0 unspecified atom stereocenters. The van der Waals surface area contributed by atoms with E-state index in [0.717, 1.165) is 43.3 Å². The van der Waals surface area contributed by atoms with Crippen LogP contribution in [0, 0.1) is 5.92 Å². The largest absolute Gasteiger partial charge is 0.492 e. The van der Waals surface area contributed by atoms with Crippen LogP contribution in [0.25, 0.3) is 0 Å². The Morgan fingerprint density at radius 3 is 2.71 bits per heavy atom. The van der Waals surface area contributed by atoms with Gasteiger partial charge in [-0.25, -0.2) is 9.97 Å². The monoisotopic (exact) mass is 344 g/mol. The van der Waals surface area contributed by atoms with Crippen molar-refractivity contribution >= 4 is 17.4 Å². The lowest BCUT2D eigenvalue weighted by molar-refractivity contribution is 0.222. The van der Waals surface area contributed by atoms with Crippen LogP contribution in [0.3, 0.4) is 0 Å². The Morgan fingerprint density at radius 2 is 1.96 bits per heavy atom. The molecule has 1 saturated heterocycles. The molecule has 0 spiro atoms. The van der Waals surface area contributed by atoms with E-state index in [-0.39, 0.29) is 0 Å². The summed E-state index contributed by atoms with van der Waals surface area (Å²) >= 11 is 6.08. The zero-order chi connectivity index (χ0) is 16.4. The molecule has 2 aliphatic rings. The lowest BCUT2D eigenvalue weighted by atomic mass is 9.98. The second kappa shape index (κ2) is 6.93. The molecule has 0 N–H and O–H groups in total. The summed E-state index contributed by atoms with van der Waals surface area (Å²) in [6.07, 6.45) is 9.90. The van der Waals surface area contributed by atoms with Crippen molar-refractivity contribution in [1.29, 1.82) is 0 Å². The smallest absolute Gasteiger partial charge is 0.141 e. The number of pyridine rings is 1. The summed E-state index contributed by atoms with van der Waals surface area (Å²) < 4.78 is 5.86. The van der Waals surface area contributed by atoms with E-state index >= 15 is 0 Å². The fraction of sp³-hybridized carbons (Fsp3) is 0.500. The molecule has 1 aliphatic heterocycles. The Bertz CT molecular complexity index is 699. The Labute approximate surface area is 147 Å². The molecule has 0 aromatic carbocycles. The van der Waals surface area contributed by atoms with Crippen molar-refractivity contribution in [2.24, 2.45) is 5.92 Å². The van der Waals surface area contributed by atoms with Crippen molar-refractivity contribution < 1.29 is 4.74 Å². The maximum absolute atomic E-state index is 6.08. The third-order valence-electron chi connectivity index (χ3n) is 4.75. The van der Waals surface area contributed by atoms with Crippen molar-refractivity contribution in [2.75, 3.05) is 24.6 Å². The van der Waals surface area contributed by atoms with E-state index in [1.807, 2.05) is 18.3 Å². The van der Waals surface area contributed by atoms with E-state index in [0.29, 0.717) is 23.5 Å². The predicted molar refractivity (Wildman–Crippen MR) is 93.7 cm³/mol. The van der Waals surface area contributed by atoms with Crippen molar-refractivity contribution in [3.8, 4) is 5.75 Å². The number of halogens is 1. The molecule has 0 amide bonds. The summed E-state index contributed by atoms with van der Waals surface area (Å²) in [6.45, 7) is 2.73. The molecule has 24 heavy (non-hydrogen) atoms. The van der Waals surface area contributed by atoms with Gasteiger partial charge in [0.15, 0.2) is 0 Å². The second-order valence-corrected chi connectivity index (χ2v) is 7.00. The summed E-state index contributed by atoms with van der Waals surface area (Å²) in [5.41, 5.74) is 0. The van der Waals surface area contributed by atoms with Gasteiger partial charge in [-0.05, 0) is 37.7 Å². The van der Waals surface area contributed by atoms with Crippen molar-refractivity contribution in [2.45, 2.75) is 31.6 Å². The van der Waals surface area contributed by atoms with Gasteiger partial charge in [0.25, 0.3) is 0 Å². The first-order chi connectivity index (χ1) is 11.8. The number of aromatic nitrogens is 3. The van der Waals surface area contributed by atoms with Gasteiger partial charge in [0.05, 0.1) is 6.61 Å². The average molecular weight is 345 g/mol. The lowest BCUT2D eigenvalue weighted by Gasteiger charge is -2.32. The minimum atomic E-state index is 0.551. The van der Waals surface area contributed by atoms with Crippen LogP contribution in [-0.4, -0.2) is 34.6 Å². The third kappa shape index (κ3) is 3.61. The van der Waals surface area contributed by atoms with Gasteiger partial charge in [0.1, 0.15) is 22.4 Å². The summed E-state index contributed by atoms with van der Waals surface area (Å²) in [4.78, 5) is 15.5. The van der Waals surface area contributed by atoms with Gasteiger partial charge < -0.3 is 9.64 Å². The van der Waals surface area contributed by atoms with Gasteiger partial charge in [-0.15, -0.1) is 0 Å². The maximum atomic E-state index is 6.08. The fourth-order valence-electron chi connectivity index (χ4n) is 3.09. The van der Waals surface area contributed by atoms with E-state index in [1.165, 1.54) is 12.8 Å². The van der Waals surface area contributed by atoms with E-state index < -0.39 is 0 Å². The van der Waals surface area contributed by atoms with Crippen molar-refractivity contribution in [3.05, 3.63) is 41.6 Å². The number of anilines is 1. The normalized spacial score (nSPS) is 18.6. The first-order valence-corrected chi connectivity index (χ1v) is 8.97. The number of piperidine rings is 1. The average Bonchev–Trinajstić information content (AvgIpc) is 3.47. The molecule has 4 rings (SSSR count). The molecule has 2 fully saturated rings. The zero-order valence-corrected chi connectivity index (χ0v) is 14.3. The molecule has 1 saturated carbocycles. The highest BCUT2D eigenvalue weighted by Crippen LogP contribution is 2.38. The van der Waals surface area contributed by atoms with Gasteiger partial charge in [0, 0.05) is 43.7 Å². The molecule has 0 bridgehead atoms. The molecular weight excluding hydrogens is 324 g/mol. The minimum Gasteiger partial charge on any atom is -0.492 e. The number of nitrogens with zero attached hydrogens (tertiary/aromatic N) is 4. The van der Waals surface area contributed by atoms with E-state index in [2.05, 4.69) is 14.9 Å². The lowest BCUT2D eigenvalue weighted by Crippen LogP contribution is -2.36. The molecule has 0 radical (unpaired) electrons.